The Morgan fingerprint density at radius 2 is 2.18 bits per heavy atom. The molecule has 0 aliphatic carbocycles. The zero-order valence-electron chi connectivity index (χ0n) is 7.20. The zero-order valence-corrected chi connectivity index (χ0v) is 7.20. The minimum absolute atomic E-state index is 0.00736. The summed E-state index contributed by atoms with van der Waals surface area (Å²) >= 11 is 0. The first-order chi connectivity index (χ1) is 5.04. The molecule has 0 saturated carbocycles. The molecule has 0 spiro atoms. The Morgan fingerprint density at radius 3 is 2.45 bits per heavy atom. The molecular weight excluding hydrogens is 140 g/mol. The van der Waals surface area contributed by atoms with Gasteiger partial charge in [-0.15, -0.1) is 0 Å². The lowest BCUT2D eigenvalue weighted by Crippen LogP contribution is -2.22. The van der Waals surface area contributed by atoms with E-state index in [9.17, 15) is 0 Å². The van der Waals surface area contributed by atoms with Gasteiger partial charge in [0.15, 0.2) is 0 Å². The van der Waals surface area contributed by atoms with Gasteiger partial charge in [-0.2, -0.15) is 5.10 Å². The molecule has 11 heavy (non-hydrogen) atoms. The second-order valence-electron chi connectivity index (χ2n) is 3.58. The maximum atomic E-state index is 8.74. The molecule has 1 aromatic heterocycles. The Kier molecular flexibility index (Phi) is 2.00. The maximum Gasteiger partial charge on any atom is 0.0879 e. The Hall–Kier alpha value is -0.830. The fourth-order valence-electron chi connectivity index (χ4n) is 0.820. The van der Waals surface area contributed by atoms with Crippen molar-refractivity contribution in [1.82, 2.24) is 9.78 Å². The molecule has 0 aromatic carbocycles. The predicted octanol–water partition coefficient (Wildman–Crippen LogP) is 1.13. The van der Waals surface area contributed by atoms with Crippen LogP contribution in [0.2, 0.25) is 0 Å². The van der Waals surface area contributed by atoms with Crippen LogP contribution in [0.25, 0.3) is 0 Å². The largest absolute Gasteiger partial charge is 0.390 e. The van der Waals surface area contributed by atoms with Crippen LogP contribution < -0.4 is 0 Å². The summed E-state index contributed by atoms with van der Waals surface area (Å²) in [7, 11) is 0. The van der Waals surface area contributed by atoms with Gasteiger partial charge >= 0.3 is 0 Å². The number of aliphatic hydroxyl groups excluding tert-OH is 1. The van der Waals surface area contributed by atoms with E-state index in [2.05, 4.69) is 25.9 Å². The highest BCUT2D eigenvalue weighted by Crippen LogP contribution is 2.12. The normalized spacial score (nSPS) is 12.0. The van der Waals surface area contributed by atoms with Gasteiger partial charge < -0.3 is 5.11 Å². The van der Waals surface area contributed by atoms with Crippen LogP contribution in [0.5, 0.6) is 0 Å². The Bertz CT molecular complexity index is 234. The van der Waals surface area contributed by atoms with Gasteiger partial charge in [0.1, 0.15) is 0 Å². The summed E-state index contributed by atoms with van der Waals surface area (Å²) in [5, 5.41) is 12.9. The monoisotopic (exact) mass is 154 g/mol. The summed E-state index contributed by atoms with van der Waals surface area (Å²) < 4.78 is 1.85. The Balaban J connectivity index is 2.89. The van der Waals surface area contributed by atoms with Gasteiger partial charge in [-0.3, -0.25) is 4.68 Å². The third-order valence-corrected chi connectivity index (χ3v) is 1.49. The van der Waals surface area contributed by atoms with Gasteiger partial charge in [-0.25, -0.2) is 0 Å². The first kappa shape index (κ1) is 8.27. The molecule has 0 aliphatic heterocycles. The highest BCUT2D eigenvalue weighted by atomic mass is 16.3. The van der Waals surface area contributed by atoms with Crippen molar-refractivity contribution in [2.75, 3.05) is 0 Å². The summed E-state index contributed by atoms with van der Waals surface area (Å²) in [4.78, 5) is 0. The standard InChI is InChI=1S/C8H14N2O/c1-8(2,3)10-5-4-7(6-11)9-10/h4-5,11H,6H2,1-3H3. The van der Waals surface area contributed by atoms with Crippen LogP contribution in [0, 0.1) is 0 Å². The number of hydrogen-bond donors (Lipinski definition) is 1. The highest BCUT2D eigenvalue weighted by Gasteiger charge is 2.13. The second kappa shape index (κ2) is 2.66. The van der Waals surface area contributed by atoms with Crippen molar-refractivity contribution in [2.45, 2.75) is 32.9 Å². The van der Waals surface area contributed by atoms with E-state index in [-0.39, 0.29) is 12.1 Å². The molecule has 3 heteroatoms. The topological polar surface area (TPSA) is 38.0 Å². The SMILES string of the molecule is CC(C)(C)n1ccc(CO)n1. The van der Waals surface area contributed by atoms with Crippen molar-refractivity contribution in [3.8, 4) is 0 Å². The fourth-order valence-corrected chi connectivity index (χ4v) is 0.820. The third kappa shape index (κ3) is 1.80. The lowest BCUT2D eigenvalue weighted by molar-refractivity contribution is 0.270. The van der Waals surface area contributed by atoms with E-state index in [0.29, 0.717) is 0 Å². The zero-order chi connectivity index (χ0) is 8.48. The summed E-state index contributed by atoms with van der Waals surface area (Å²) in [6.45, 7) is 6.23. The van der Waals surface area contributed by atoms with Crippen molar-refractivity contribution in [3.05, 3.63) is 18.0 Å². The van der Waals surface area contributed by atoms with E-state index in [0.717, 1.165) is 5.69 Å². The lowest BCUT2D eigenvalue weighted by atomic mass is 10.1. The molecule has 0 aliphatic rings. The van der Waals surface area contributed by atoms with Crippen molar-refractivity contribution >= 4 is 0 Å². The van der Waals surface area contributed by atoms with E-state index < -0.39 is 0 Å². The predicted molar refractivity (Wildman–Crippen MR) is 43.1 cm³/mol. The molecule has 62 valence electrons. The number of aliphatic hydroxyl groups is 1. The molecule has 3 nitrogen and oxygen atoms in total. The van der Waals surface area contributed by atoms with Crippen LogP contribution in [0.4, 0.5) is 0 Å². The Morgan fingerprint density at radius 1 is 1.55 bits per heavy atom. The number of nitrogens with zero attached hydrogens (tertiary/aromatic N) is 2. The van der Waals surface area contributed by atoms with E-state index in [4.69, 9.17) is 5.11 Å². The molecule has 0 bridgehead atoms. The minimum Gasteiger partial charge on any atom is -0.390 e. The van der Waals surface area contributed by atoms with Gasteiger partial charge in [-0.1, -0.05) is 0 Å². The molecule has 1 rings (SSSR count). The van der Waals surface area contributed by atoms with Crippen LogP contribution in [-0.4, -0.2) is 14.9 Å². The van der Waals surface area contributed by atoms with Gasteiger partial charge in [0.25, 0.3) is 0 Å². The number of aromatic nitrogens is 2. The number of rotatable bonds is 1. The average Bonchev–Trinajstić information content (AvgIpc) is 2.32. The fraction of sp³-hybridized carbons (Fsp3) is 0.625. The molecule has 0 fully saturated rings. The molecule has 0 radical (unpaired) electrons. The molecule has 1 aromatic rings. The molecule has 0 amide bonds. The summed E-state index contributed by atoms with van der Waals surface area (Å²) in [5.41, 5.74) is 0.730. The van der Waals surface area contributed by atoms with Crippen molar-refractivity contribution in [2.24, 2.45) is 0 Å². The minimum atomic E-state index is 0.00736. The van der Waals surface area contributed by atoms with Gasteiger partial charge in [0.2, 0.25) is 0 Å². The smallest absolute Gasteiger partial charge is 0.0879 e. The summed E-state index contributed by atoms with van der Waals surface area (Å²) in [5.74, 6) is 0. The van der Waals surface area contributed by atoms with Crippen LogP contribution in [0.3, 0.4) is 0 Å². The first-order valence-corrected chi connectivity index (χ1v) is 3.70. The van der Waals surface area contributed by atoms with Crippen molar-refractivity contribution in [3.63, 3.8) is 0 Å². The second-order valence-corrected chi connectivity index (χ2v) is 3.58. The summed E-state index contributed by atoms with van der Waals surface area (Å²) in [6.07, 6.45) is 1.88. The van der Waals surface area contributed by atoms with Gasteiger partial charge in [-0.05, 0) is 26.8 Å². The van der Waals surface area contributed by atoms with Gasteiger partial charge in [0.05, 0.1) is 17.8 Å². The average molecular weight is 154 g/mol. The van der Waals surface area contributed by atoms with Crippen LogP contribution in [0.1, 0.15) is 26.5 Å². The molecule has 0 atom stereocenters. The van der Waals surface area contributed by atoms with Crippen molar-refractivity contribution in [1.29, 1.82) is 0 Å². The molecule has 1 N–H and O–H groups in total. The molecular formula is C8H14N2O. The highest BCUT2D eigenvalue weighted by molar-refractivity contribution is 4.98. The van der Waals surface area contributed by atoms with E-state index in [1.807, 2.05) is 16.9 Å². The van der Waals surface area contributed by atoms with E-state index in [1.54, 1.807) is 0 Å². The van der Waals surface area contributed by atoms with Gasteiger partial charge in [0, 0.05) is 6.20 Å². The molecule has 0 saturated heterocycles. The number of hydrogen-bond acceptors (Lipinski definition) is 2. The van der Waals surface area contributed by atoms with Crippen LogP contribution >= 0.6 is 0 Å². The molecule has 1 heterocycles. The van der Waals surface area contributed by atoms with Crippen LogP contribution in [-0.2, 0) is 12.1 Å². The van der Waals surface area contributed by atoms with E-state index >= 15 is 0 Å². The maximum absolute atomic E-state index is 8.74. The first-order valence-electron chi connectivity index (χ1n) is 3.70. The molecule has 0 unspecified atom stereocenters. The van der Waals surface area contributed by atoms with Crippen molar-refractivity contribution < 1.29 is 5.11 Å². The third-order valence-electron chi connectivity index (χ3n) is 1.49. The summed E-state index contributed by atoms with van der Waals surface area (Å²) in [6, 6.07) is 1.82. The quantitative estimate of drug-likeness (QED) is 0.658. The van der Waals surface area contributed by atoms with E-state index in [1.165, 1.54) is 0 Å². The Labute approximate surface area is 66.7 Å². The van der Waals surface area contributed by atoms with Crippen LogP contribution in [0.15, 0.2) is 12.3 Å². The lowest BCUT2D eigenvalue weighted by Gasteiger charge is -2.18.